The number of para-hydroxylation sites is 2. The number of nitriles is 1. The van der Waals surface area contributed by atoms with Gasteiger partial charge >= 0.3 is 23.8 Å². The fraction of sp³-hybridized carbons (Fsp3) is 0.349. The number of piperidine rings is 1. The lowest BCUT2D eigenvalue weighted by Gasteiger charge is -2.46. The zero-order valence-electron chi connectivity index (χ0n) is 31.4. The molecule has 2 N–H and O–H groups in total. The molecule has 0 atom stereocenters. The molecule has 296 valence electrons. The minimum absolute atomic E-state index is 0.0297. The molecule has 57 heavy (non-hydrogen) atoms. The molecule has 2 heterocycles. The van der Waals surface area contributed by atoms with Crippen molar-refractivity contribution in [3.63, 3.8) is 0 Å². The van der Waals surface area contributed by atoms with Gasteiger partial charge in [0, 0.05) is 50.2 Å². The number of anilines is 1. The van der Waals surface area contributed by atoms with E-state index in [9.17, 15) is 43.0 Å². The van der Waals surface area contributed by atoms with E-state index in [-0.39, 0.29) is 29.5 Å². The summed E-state index contributed by atoms with van der Waals surface area (Å²) in [7, 11) is 0. The highest BCUT2D eigenvalue weighted by Crippen LogP contribution is 2.35. The number of imidazole rings is 1. The number of carbonyl (C=O) groups is 2. The van der Waals surface area contributed by atoms with Gasteiger partial charge in [0.05, 0.1) is 51.6 Å². The first kappa shape index (κ1) is 39.2. The van der Waals surface area contributed by atoms with Crippen LogP contribution in [0.25, 0.3) is 16.7 Å². The van der Waals surface area contributed by atoms with Crippen molar-refractivity contribution < 1.29 is 37.7 Å². The Bertz CT molecular complexity index is 2400. The van der Waals surface area contributed by atoms with Gasteiger partial charge < -0.3 is 19.8 Å². The molecule has 1 aliphatic carbocycles. The summed E-state index contributed by atoms with van der Waals surface area (Å²) in [5, 5.41) is 28.0. The summed E-state index contributed by atoms with van der Waals surface area (Å²) in [5.74, 6) is -1.75. The molecule has 0 unspecified atom stereocenters. The molecule has 1 aliphatic heterocycles. The van der Waals surface area contributed by atoms with E-state index in [2.05, 4.69) is 23.6 Å². The summed E-state index contributed by atoms with van der Waals surface area (Å²) in [6, 6.07) is 24.6. The van der Waals surface area contributed by atoms with Crippen LogP contribution in [0.3, 0.4) is 0 Å². The summed E-state index contributed by atoms with van der Waals surface area (Å²) in [5.41, 5.74) is 0.354. The molecular formula is C43H42F3N5O6. The predicted molar refractivity (Wildman–Crippen MR) is 207 cm³/mol. The van der Waals surface area contributed by atoms with Crippen molar-refractivity contribution in [1.82, 2.24) is 14.0 Å². The van der Waals surface area contributed by atoms with Crippen molar-refractivity contribution in [2.24, 2.45) is 5.92 Å². The Morgan fingerprint density at radius 1 is 0.895 bits per heavy atom. The van der Waals surface area contributed by atoms with E-state index in [1.54, 1.807) is 34.9 Å². The molecule has 14 heteroatoms. The van der Waals surface area contributed by atoms with Crippen LogP contribution < -0.4 is 15.3 Å². The summed E-state index contributed by atoms with van der Waals surface area (Å²) in [6.45, 7) is 7.34. The SMILES string of the molecule is CC(C)N(CC1CCN(c2ccc(Cn3c(=O)n(-c4ccc(C#N)c(C(F)(F)F)c4)c4ccccc43)cc2)CC1)C1CC(Oc2ccc(C(=O)O)c(C(=O)O)c2)C1. The van der Waals surface area contributed by atoms with Gasteiger partial charge in [0.15, 0.2) is 0 Å². The van der Waals surface area contributed by atoms with Crippen molar-refractivity contribution in [2.45, 2.75) is 70.4 Å². The first-order valence-electron chi connectivity index (χ1n) is 18.9. The second-order valence-corrected chi connectivity index (χ2v) is 15.1. The van der Waals surface area contributed by atoms with Crippen LogP contribution in [0.1, 0.15) is 76.9 Å². The van der Waals surface area contributed by atoms with Crippen molar-refractivity contribution in [2.75, 3.05) is 24.5 Å². The number of nitrogens with zero attached hydrogens (tertiary/aromatic N) is 5. The fourth-order valence-corrected chi connectivity index (χ4v) is 8.12. The molecule has 1 saturated heterocycles. The van der Waals surface area contributed by atoms with Crippen molar-refractivity contribution in [3.05, 3.63) is 123 Å². The second-order valence-electron chi connectivity index (χ2n) is 15.1. The minimum Gasteiger partial charge on any atom is -0.490 e. The molecule has 1 saturated carbocycles. The van der Waals surface area contributed by atoms with Gasteiger partial charge in [-0.05, 0) is 98.8 Å². The normalized spacial score (nSPS) is 17.5. The molecule has 11 nitrogen and oxygen atoms in total. The smallest absolute Gasteiger partial charge is 0.417 e. The topological polar surface area (TPSA) is 141 Å². The first-order valence-corrected chi connectivity index (χ1v) is 18.9. The number of ether oxygens (including phenoxy) is 1. The van der Waals surface area contributed by atoms with Crippen LogP contribution in [0.4, 0.5) is 18.9 Å². The van der Waals surface area contributed by atoms with Gasteiger partial charge in [0.1, 0.15) is 11.9 Å². The number of benzene rings is 4. The number of halogens is 3. The third-order valence-corrected chi connectivity index (χ3v) is 11.2. The lowest BCUT2D eigenvalue weighted by Crippen LogP contribution is -2.53. The number of fused-ring (bicyclic) bond motifs is 1. The molecule has 0 spiro atoms. The summed E-state index contributed by atoms with van der Waals surface area (Å²) >= 11 is 0. The van der Waals surface area contributed by atoms with Crippen LogP contribution in [0, 0.1) is 17.2 Å². The maximum Gasteiger partial charge on any atom is 0.417 e. The number of aromatic carboxylic acids is 2. The molecular weight excluding hydrogens is 739 g/mol. The van der Waals surface area contributed by atoms with Gasteiger partial charge in [-0.1, -0.05) is 24.3 Å². The second kappa shape index (κ2) is 15.8. The number of carboxylic acids is 2. The Hall–Kier alpha value is -6.07. The van der Waals surface area contributed by atoms with Gasteiger partial charge in [-0.25, -0.2) is 14.4 Å². The highest BCUT2D eigenvalue weighted by atomic mass is 19.4. The van der Waals surface area contributed by atoms with Crippen LogP contribution in [0.15, 0.2) is 89.7 Å². The Labute approximate surface area is 326 Å². The molecule has 1 aromatic heterocycles. The Morgan fingerprint density at radius 3 is 2.16 bits per heavy atom. The number of alkyl halides is 3. The summed E-state index contributed by atoms with van der Waals surface area (Å²) < 4.78 is 50.2. The monoisotopic (exact) mass is 781 g/mol. The maximum absolute atomic E-state index is 13.8. The molecule has 5 aromatic rings. The summed E-state index contributed by atoms with van der Waals surface area (Å²) in [6.07, 6.45) is -1.20. The van der Waals surface area contributed by atoms with E-state index in [1.165, 1.54) is 28.8 Å². The van der Waals surface area contributed by atoms with Crippen molar-refractivity contribution in [1.29, 1.82) is 5.26 Å². The highest BCUT2D eigenvalue weighted by molar-refractivity contribution is 6.02. The lowest BCUT2D eigenvalue weighted by molar-refractivity contribution is -0.137. The van der Waals surface area contributed by atoms with E-state index in [0.717, 1.165) is 68.7 Å². The average Bonchev–Trinajstić information content (AvgIpc) is 3.45. The van der Waals surface area contributed by atoms with E-state index in [0.29, 0.717) is 34.8 Å². The first-order chi connectivity index (χ1) is 27.2. The van der Waals surface area contributed by atoms with Crippen molar-refractivity contribution in [3.8, 4) is 17.5 Å². The molecule has 7 rings (SSSR count). The van der Waals surface area contributed by atoms with E-state index < -0.39 is 34.9 Å². The van der Waals surface area contributed by atoms with Gasteiger partial charge in [-0.2, -0.15) is 18.4 Å². The van der Waals surface area contributed by atoms with Crippen molar-refractivity contribution >= 4 is 28.7 Å². The Morgan fingerprint density at radius 2 is 1.54 bits per heavy atom. The van der Waals surface area contributed by atoms with Gasteiger partial charge in [0.25, 0.3) is 0 Å². The maximum atomic E-state index is 13.8. The van der Waals surface area contributed by atoms with Gasteiger partial charge in [0.2, 0.25) is 0 Å². The van der Waals surface area contributed by atoms with E-state index in [4.69, 9.17) is 4.74 Å². The fourth-order valence-electron chi connectivity index (χ4n) is 8.12. The average molecular weight is 782 g/mol. The van der Waals surface area contributed by atoms with Crippen LogP contribution in [0.2, 0.25) is 0 Å². The Balaban J connectivity index is 0.962. The van der Waals surface area contributed by atoms with E-state index >= 15 is 0 Å². The van der Waals surface area contributed by atoms with Crippen LogP contribution in [-0.2, 0) is 12.7 Å². The molecule has 2 fully saturated rings. The molecule has 0 amide bonds. The van der Waals surface area contributed by atoms with E-state index in [1.807, 2.05) is 24.3 Å². The zero-order valence-corrected chi connectivity index (χ0v) is 31.4. The molecule has 2 aliphatic rings. The number of hydrogen-bond acceptors (Lipinski definition) is 7. The number of carboxylic acid groups (broad SMARTS) is 2. The standard InChI is InChI=1S/C43H42F3N5O6/c1-26(2)49(32-19-34(20-32)57-33-13-14-35(40(52)53)36(22-33)41(54)55)24-28-15-17-48(18-16-28)30-10-7-27(8-11-30)25-50-38-5-3-4-6-39(38)51(42(50)56)31-12-9-29(23-47)37(21-31)43(44,45)46/h3-14,21-22,26,28,32,34H,15-20,24-25H2,1-2H3,(H,52,53)(H,54,55). The molecule has 0 radical (unpaired) electrons. The molecule has 4 aromatic carbocycles. The number of rotatable bonds is 12. The van der Waals surface area contributed by atoms with Gasteiger partial charge in [-0.3, -0.25) is 14.0 Å². The summed E-state index contributed by atoms with van der Waals surface area (Å²) in [4.78, 5) is 41.7. The highest BCUT2D eigenvalue weighted by Gasteiger charge is 2.38. The third-order valence-electron chi connectivity index (χ3n) is 11.2. The third kappa shape index (κ3) is 8.11. The number of hydrogen-bond donors (Lipinski definition) is 2. The van der Waals surface area contributed by atoms with Crippen LogP contribution in [-0.4, -0.2) is 74.0 Å². The van der Waals surface area contributed by atoms with Crippen LogP contribution in [0.5, 0.6) is 5.75 Å². The lowest BCUT2D eigenvalue weighted by atomic mass is 9.85. The predicted octanol–water partition coefficient (Wildman–Crippen LogP) is 7.66. The number of aromatic nitrogens is 2. The largest absolute Gasteiger partial charge is 0.490 e. The quantitative estimate of drug-likeness (QED) is 0.131. The van der Waals surface area contributed by atoms with Gasteiger partial charge in [-0.15, -0.1) is 0 Å². The van der Waals surface area contributed by atoms with Crippen LogP contribution >= 0.6 is 0 Å². The zero-order chi connectivity index (χ0) is 40.6. The molecule has 0 bridgehead atoms. The Kier molecular flexibility index (Phi) is 10.9. The minimum atomic E-state index is -4.76.